The number of benzene rings is 1. The number of aromatic nitrogens is 2. The van der Waals surface area contributed by atoms with Crippen molar-refractivity contribution >= 4 is 5.69 Å². The number of nitrogen functional groups attached to an aromatic ring is 1. The van der Waals surface area contributed by atoms with E-state index < -0.39 is 0 Å². The van der Waals surface area contributed by atoms with Gasteiger partial charge in [-0.05, 0) is 18.2 Å². The normalized spacial score (nSPS) is 10.0. The van der Waals surface area contributed by atoms with Gasteiger partial charge in [-0.3, -0.25) is 0 Å². The van der Waals surface area contributed by atoms with Crippen LogP contribution in [-0.2, 0) is 0 Å². The number of phenolic OH excluding ortho intramolecular Hbond substituents is 1. The van der Waals surface area contributed by atoms with Crippen LogP contribution in [0.2, 0.25) is 0 Å². The zero-order valence-electron chi connectivity index (χ0n) is 7.38. The van der Waals surface area contributed by atoms with E-state index >= 15 is 0 Å². The maximum atomic E-state index is 9.55. The van der Waals surface area contributed by atoms with E-state index in [1.54, 1.807) is 24.3 Å². The Hall–Kier alpha value is -2.10. The molecular weight excluding hydrogens is 178 g/mol. The van der Waals surface area contributed by atoms with E-state index in [4.69, 9.17) is 5.73 Å². The molecule has 0 unspecified atom stereocenters. The highest BCUT2D eigenvalue weighted by molar-refractivity contribution is 5.68. The van der Waals surface area contributed by atoms with E-state index in [0.29, 0.717) is 16.9 Å². The van der Waals surface area contributed by atoms with Gasteiger partial charge in [0.1, 0.15) is 5.75 Å². The van der Waals surface area contributed by atoms with Crippen molar-refractivity contribution in [3.05, 3.63) is 36.5 Å². The second-order valence-corrected chi connectivity index (χ2v) is 2.89. The molecule has 0 saturated carbocycles. The van der Waals surface area contributed by atoms with E-state index in [2.05, 4.69) is 10.2 Å². The van der Waals surface area contributed by atoms with E-state index in [0.717, 1.165) is 0 Å². The largest absolute Gasteiger partial charge is 0.507 e. The summed E-state index contributed by atoms with van der Waals surface area (Å²) in [5, 5.41) is 17.1. The van der Waals surface area contributed by atoms with E-state index in [-0.39, 0.29) is 5.75 Å². The highest BCUT2D eigenvalue weighted by atomic mass is 16.3. The molecule has 1 heterocycles. The summed E-state index contributed by atoms with van der Waals surface area (Å²) >= 11 is 0. The number of phenols is 1. The molecule has 0 fully saturated rings. The van der Waals surface area contributed by atoms with Gasteiger partial charge in [0.25, 0.3) is 0 Å². The lowest BCUT2D eigenvalue weighted by Crippen LogP contribution is -1.92. The first kappa shape index (κ1) is 8.50. The topological polar surface area (TPSA) is 72.0 Å². The quantitative estimate of drug-likeness (QED) is 0.708. The van der Waals surface area contributed by atoms with Crippen molar-refractivity contribution < 1.29 is 5.11 Å². The number of anilines is 1. The Morgan fingerprint density at radius 1 is 1.21 bits per heavy atom. The van der Waals surface area contributed by atoms with Gasteiger partial charge in [0.2, 0.25) is 0 Å². The summed E-state index contributed by atoms with van der Waals surface area (Å²) in [6.45, 7) is 0. The molecule has 0 atom stereocenters. The van der Waals surface area contributed by atoms with Crippen LogP contribution in [0, 0.1) is 0 Å². The van der Waals surface area contributed by atoms with Crippen molar-refractivity contribution in [2.75, 3.05) is 5.73 Å². The van der Waals surface area contributed by atoms with Gasteiger partial charge in [-0.15, -0.1) is 0 Å². The molecule has 0 saturated heterocycles. The maximum absolute atomic E-state index is 9.55. The summed E-state index contributed by atoms with van der Waals surface area (Å²) in [6.07, 6.45) is 1.46. The van der Waals surface area contributed by atoms with Crippen LogP contribution in [0.25, 0.3) is 11.3 Å². The summed E-state index contributed by atoms with van der Waals surface area (Å²) in [4.78, 5) is 0. The summed E-state index contributed by atoms with van der Waals surface area (Å²) in [7, 11) is 0. The van der Waals surface area contributed by atoms with Crippen LogP contribution in [0.1, 0.15) is 0 Å². The molecule has 70 valence electrons. The van der Waals surface area contributed by atoms with Crippen LogP contribution in [0.5, 0.6) is 5.75 Å². The SMILES string of the molecule is Nc1cnnc(-c2ccccc2O)c1. The maximum Gasteiger partial charge on any atom is 0.125 e. The Labute approximate surface area is 81.0 Å². The molecule has 0 amide bonds. The highest BCUT2D eigenvalue weighted by Gasteiger charge is 2.04. The standard InChI is InChI=1S/C10H9N3O/c11-7-5-9(13-12-6-7)8-3-1-2-4-10(8)14/h1-6,14H,(H2,11,13). The van der Waals surface area contributed by atoms with Crippen molar-refractivity contribution in [3.63, 3.8) is 0 Å². The lowest BCUT2D eigenvalue weighted by molar-refractivity contribution is 0.477. The van der Waals surface area contributed by atoms with Crippen LogP contribution in [0.3, 0.4) is 0 Å². The minimum atomic E-state index is 0.174. The molecule has 3 N–H and O–H groups in total. The van der Waals surface area contributed by atoms with Gasteiger partial charge in [0, 0.05) is 5.56 Å². The number of para-hydroxylation sites is 1. The predicted octanol–water partition coefficient (Wildman–Crippen LogP) is 1.43. The predicted molar refractivity (Wildman–Crippen MR) is 53.5 cm³/mol. The number of hydrogen-bond acceptors (Lipinski definition) is 4. The molecule has 14 heavy (non-hydrogen) atoms. The van der Waals surface area contributed by atoms with Gasteiger partial charge >= 0.3 is 0 Å². The zero-order chi connectivity index (χ0) is 9.97. The van der Waals surface area contributed by atoms with Crippen LogP contribution >= 0.6 is 0 Å². The fraction of sp³-hybridized carbons (Fsp3) is 0. The summed E-state index contributed by atoms with van der Waals surface area (Å²) in [5.41, 5.74) is 7.29. The van der Waals surface area contributed by atoms with Crippen molar-refractivity contribution in [3.8, 4) is 17.0 Å². The van der Waals surface area contributed by atoms with Crippen LogP contribution in [0.15, 0.2) is 36.5 Å². The average Bonchev–Trinajstić information content (AvgIpc) is 2.18. The molecule has 0 aliphatic heterocycles. The van der Waals surface area contributed by atoms with E-state index in [1.807, 2.05) is 6.07 Å². The fourth-order valence-electron chi connectivity index (χ4n) is 1.20. The minimum absolute atomic E-state index is 0.174. The Kier molecular flexibility index (Phi) is 2.02. The number of nitrogens with zero attached hydrogens (tertiary/aromatic N) is 2. The second-order valence-electron chi connectivity index (χ2n) is 2.89. The number of hydrogen-bond donors (Lipinski definition) is 2. The molecule has 2 aromatic rings. The van der Waals surface area contributed by atoms with Crippen molar-refractivity contribution in [1.82, 2.24) is 10.2 Å². The summed E-state index contributed by atoms with van der Waals surface area (Å²) in [5.74, 6) is 0.174. The molecule has 4 nitrogen and oxygen atoms in total. The van der Waals surface area contributed by atoms with E-state index in [1.165, 1.54) is 6.20 Å². The Morgan fingerprint density at radius 3 is 2.71 bits per heavy atom. The summed E-state index contributed by atoms with van der Waals surface area (Å²) < 4.78 is 0. The molecule has 4 heteroatoms. The molecule has 0 radical (unpaired) electrons. The Bertz CT molecular complexity index is 457. The monoisotopic (exact) mass is 187 g/mol. The van der Waals surface area contributed by atoms with Crippen molar-refractivity contribution in [2.24, 2.45) is 0 Å². The first-order chi connectivity index (χ1) is 6.77. The van der Waals surface area contributed by atoms with Gasteiger partial charge in [0.05, 0.1) is 17.6 Å². The molecule has 0 spiro atoms. The van der Waals surface area contributed by atoms with Crippen LogP contribution < -0.4 is 5.73 Å². The van der Waals surface area contributed by atoms with Crippen LogP contribution in [0.4, 0.5) is 5.69 Å². The first-order valence-corrected chi connectivity index (χ1v) is 4.14. The Balaban J connectivity index is 2.55. The highest BCUT2D eigenvalue weighted by Crippen LogP contribution is 2.26. The molecule has 0 aliphatic carbocycles. The lowest BCUT2D eigenvalue weighted by atomic mass is 10.1. The summed E-state index contributed by atoms with van der Waals surface area (Å²) in [6, 6.07) is 8.60. The Morgan fingerprint density at radius 2 is 2.00 bits per heavy atom. The van der Waals surface area contributed by atoms with E-state index in [9.17, 15) is 5.11 Å². The molecule has 2 rings (SSSR count). The third-order valence-corrected chi connectivity index (χ3v) is 1.86. The molecular formula is C10H9N3O. The lowest BCUT2D eigenvalue weighted by Gasteiger charge is -2.02. The van der Waals surface area contributed by atoms with Crippen molar-refractivity contribution in [2.45, 2.75) is 0 Å². The van der Waals surface area contributed by atoms with Gasteiger partial charge in [-0.2, -0.15) is 10.2 Å². The minimum Gasteiger partial charge on any atom is -0.507 e. The third kappa shape index (κ3) is 1.50. The van der Waals surface area contributed by atoms with Gasteiger partial charge < -0.3 is 10.8 Å². The number of aromatic hydroxyl groups is 1. The molecule has 1 aromatic carbocycles. The third-order valence-electron chi connectivity index (χ3n) is 1.86. The molecule has 1 aromatic heterocycles. The first-order valence-electron chi connectivity index (χ1n) is 4.14. The molecule has 0 bridgehead atoms. The smallest absolute Gasteiger partial charge is 0.125 e. The fourth-order valence-corrected chi connectivity index (χ4v) is 1.20. The second kappa shape index (κ2) is 3.33. The average molecular weight is 187 g/mol. The number of rotatable bonds is 1. The van der Waals surface area contributed by atoms with Crippen molar-refractivity contribution in [1.29, 1.82) is 0 Å². The molecule has 0 aliphatic rings. The van der Waals surface area contributed by atoms with Gasteiger partial charge in [-0.1, -0.05) is 12.1 Å². The van der Waals surface area contributed by atoms with Gasteiger partial charge in [-0.25, -0.2) is 0 Å². The van der Waals surface area contributed by atoms with Gasteiger partial charge in [0.15, 0.2) is 0 Å². The van der Waals surface area contributed by atoms with Crippen LogP contribution in [-0.4, -0.2) is 15.3 Å². The number of nitrogens with two attached hydrogens (primary N) is 1. The zero-order valence-corrected chi connectivity index (χ0v) is 7.38.